The Bertz CT molecular complexity index is 3470. The van der Waals surface area contributed by atoms with E-state index in [4.69, 9.17) is 14.4 Å². The van der Waals surface area contributed by atoms with Crippen molar-refractivity contribution in [1.29, 1.82) is 0 Å². The molecule has 3 heteroatoms. The molecule has 2 heterocycles. The van der Waals surface area contributed by atoms with E-state index in [1.807, 2.05) is 18.2 Å². The Labute approximate surface area is 352 Å². The summed E-state index contributed by atoms with van der Waals surface area (Å²) in [6, 6.07) is 77.5. The largest absolute Gasteiger partial charge is 0.456 e. The lowest BCUT2D eigenvalue weighted by Crippen LogP contribution is -1.97. The quantitative estimate of drug-likeness (QED) is 0.158. The zero-order chi connectivity index (χ0) is 40.3. The van der Waals surface area contributed by atoms with Crippen LogP contribution in [-0.2, 0) is 0 Å². The summed E-state index contributed by atoms with van der Waals surface area (Å²) in [6.07, 6.45) is 0. The van der Waals surface area contributed by atoms with Crippen molar-refractivity contribution in [1.82, 2.24) is 9.97 Å². The summed E-state index contributed by atoms with van der Waals surface area (Å²) in [5.41, 5.74) is 13.2. The number of hydrogen-bond acceptors (Lipinski definition) is 3. The van der Waals surface area contributed by atoms with Gasteiger partial charge >= 0.3 is 0 Å². The Morgan fingerprint density at radius 2 is 0.738 bits per heavy atom. The van der Waals surface area contributed by atoms with Gasteiger partial charge in [0.25, 0.3) is 0 Å². The Balaban J connectivity index is 1.11. The lowest BCUT2D eigenvalue weighted by molar-refractivity contribution is 0.669. The van der Waals surface area contributed by atoms with Gasteiger partial charge in [0.05, 0.1) is 11.4 Å². The summed E-state index contributed by atoms with van der Waals surface area (Å²) < 4.78 is 6.57. The molecule has 0 aliphatic rings. The minimum atomic E-state index is 0.665. The molecule has 0 saturated heterocycles. The predicted molar refractivity (Wildman–Crippen MR) is 254 cm³/mol. The number of rotatable bonds is 6. The third-order valence-electron chi connectivity index (χ3n) is 12.1. The number of furan rings is 1. The van der Waals surface area contributed by atoms with Crippen LogP contribution in [0.5, 0.6) is 0 Å². The normalized spacial score (nSPS) is 11.6. The molecule has 0 atom stereocenters. The molecule has 0 aliphatic carbocycles. The van der Waals surface area contributed by atoms with E-state index < -0.39 is 0 Å². The van der Waals surface area contributed by atoms with Gasteiger partial charge in [0.1, 0.15) is 11.2 Å². The second kappa shape index (κ2) is 14.3. The first-order valence-electron chi connectivity index (χ1n) is 20.7. The fraction of sp³-hybridized carbons (Fsp3) is 0. The van der Waals surface area contributed by atoms with E-state index in [2.05, 4.69) is 200 Å². The first-order valence-corrected chi connectivity index (χ1v) is 20.7. The van der Waals surface area contributed by atoms with Crippen molar-refractivity contribution in [2.24, 2.45) is 0 Å². The van der Waals surface area contributed by atoms with Crippen molar-refractivity contribution in [2.75, 3.05) is 0 Å². The highest BCUT2D eigenvalue weighted by atomic mass is 16.3. The molecule has 0 saturated carbocycles. The third-order valence-corrected chi connectivity index (χ3v) is 12.1. The summed E-state index contributed by atoms with van der Waals surface area (Å²) in [4.78, 5) is 10.7. The Hall–Kier alpha value is -8.14. The number of aromatic nitrogens is 2. The fourth-order valence-corrected chi connectivity index (χ4v) is 9.16. The van der Waals surface area contributed by atoms with Gasteiger partial charge in [0, 0.05) is 33.0 Å². The van der Waals surface area contributed by atoms with E-state index in [9.17, 15) is 0 Å². The smallest absolute Gasteiger partial charge is 0.160 e. The van der Waals surface area contributed by atoms with Crippen LogP contribution in [0.15, 0.2) is 223 Å². The summed E-state index contributed by atoms with van der Waals surface area (Å²) in [7, 11) is 0. The van der Waals surface area contributed by atoms with Crippen LogP contribution in [0.4, 0.5) is 0 Å². The van der Waals surface area contributed by atoms with Crippen molar-refractivity contribution in [3.63, 3.8) is 0 Å². The van der Waals surface area contributed by atoms with Crippen LogP contribution in [0.25, 0.3) is 122 Å². The molecule has 0 N–H and O–H groups in total. The van der Waals surface area contributed by atoms with Crippen LogP contribution in [0, 0.1) is 0 Å². The van der Waals surface area contributed by atoms with E-state index in [0.717, 1.165) is 72.3 Å². The fourth-order valence-electron chi connectivity index (χ4n) is 9.16. The van der Waals surface area contributed by atoms with Crippen LogP contribution >= 0.6 is 0 Å². The summed E-state index contributed by atoms with van der Waals surface area (Å²) in [5.74, 6) is 0.665. The van der Waals surface area contributed by atoms with Gasteiger partial charge in [-0.3, -0.25) is 0 Å². The number of benzene rings is 10. The maximum absolute atomic E-state index is 6.57. The van der Waals surface area contributed by atoms with Crippen LogP contribution in [-0.4, -0.2) is 9.97 Å². The van der Waals surface area contributed by atoms with Crippen molar-refractivity contribution in [3.05, 3.63) is 218 Å². The van der Waals surface area contributed by atoms with E-state index >= 15 is 0 Å². The molecule has 0 radical (unpaired) electrons. The molecule has 2 aromatic heterocycles. The highest BCUT2D eigenvalue weighted by molar-refractivity contribution is 6.26. The topological polar surface area (TPSA) is 38.9 Å². The van der Waals surface area contributed by atoms with Crippen molar-refractivity contribution in [3.8, 4) is 67.3 Å². The highest BCUT2D eigenvalue weighted by Gasteiger charge is 2.21. The SMILES string of the molecule is c1ccc(-c2ccc(-c3cc(-c4ccc5oc6ccccc6c5c4-c4ccc5c6ccccc6c6ccccc6c5c4)nc(-c4ccc(-c5ccccc5)cc4)n3)cc2)cc1. The van der Waals surface area contributed by atoms with E-state index in [1.165, 1.54) is 43.4 Å². The second-order valence-electron chi connectivity index (χ2n) is 15.7. The van der Waals surface area contributed by atoms with E-state index in [1.54, 1.807) is 0 Å². The highest BCUT2D eigenvalue weighted by Crippen LogP contribution is 2.45. The molecular weight excluding hydrogens is 741 g/mol. The van der Waals surface area contributed by atoms with Crippen LogP contribution in [0.2, 0.25) is 0 Å². The van der Waals surface area contributed by atoms with Gasteiger partial charge in [-0.2, -0.15) is 0 Å². The summed E-state index contributed by atoms with van der Waals surface area (Å²) in [6.45, 7) is 0. The maximum Gasteiger partial charge on any atom is 0.160 e. The van der Waals surface area contributed by atoms with Gasteiger partial charge in [-0.1, -0.05) is 188 Å². The average molecular weight is 777 g/mol. The molecule has 3 nitrogen and oxygen atoms in total. The zero-order valence-electron chi connectivity index (χ0n) is 33.1. The first kappa shape index (κ1) is 34.9. The molecule has 0 bridgehead atoms. The minimum Gasteiger partial charge on any atom is -0.456 e. The molecule has 61 heavy (non-hydrogen) atoms. The van der Waals surface area contributed by atoms with Crippen molar-refractivity contribution >= 4 is 54.3 Å². The van der Waals surface area contributed by atoms with Gasteiger partial charge < -0.3 is 4.42 Å². The molecule has 284 valence electrons. The number of nitrogens with zero attached hydrogens (tertiary/aromatic N) is 2. The molecule has 10 aromatic carbocycles. The molecule has 12 aromatic rings. The number of fused-ring (bicyclic) bond motifs is 9. The summed E-state index contributed by atoms with van der Waals surface area (Å²) in [5, 5.41) is 9.56. The monoisotopic (exact) mass is 776 g/mol. The van der Waals surface area contributed by atoms with Crippen LogP contribution in [0.1, 0.15) is 0 Å². The van der Waals surface area contributed by atoms with E-state index in [-0.39, 0.29) is 0 Å². The average Bonchev–Trinajstić information content (AvgIpc) is 3.73. The van der Waals surface area contributed by atoms with Gasteiger partial charge in [0.15, 0.2) is 5.82 Å². The Morgan fingerprint density at radius 1 is 0.279 bits per heavy atom. The van der Waals surface area contributed by atoms with Crippen molar-refractivity contribution in [2.45, 2.75) is 0 Å². The predicted octanol–water partition coefficient (Wildman–Crippen LogP) is 15.8. The lowest BCUT2D eigenvalue weighted by Gasteiger charge is -2.16. The van der Waals surface area contributed by atoms with E-state index in [0.29, 0.717) is 5.82 Å². The summed E-state index contributed by atoms with van der Waals surface area (Å²) >= 11 is 0. The molecular formula is C58H36N2O. The van der Waals surface area contributed by atoms with Crippen LogP contribution in [0.3, 0.4) is 0 Å². The standard InChI is InChI=1S/C58H36N2O/c1-3-13-37(14-4-1)39-23-27-41(28-24-39)52-36-53(60-58(59-52)42-29-25-40(26-30-42)38-15-5-2-6-16-38)49-33-34-55-57(50-21-11-12-22-54(50)61-55)56(49)43-31-32-48-46-19-8-7-17-44(46)45-18-9-10-20-47(45)51(48)35-43/h1-36H. The third kappa shape index (κ3) is 5.98. The first-order chi connectivity index (χ1) is 30.2. The second-order valence-corrected chi connectivity index (χ2v) is 15.7. The van der Waals surface area contributed by atoms with Crippen LogP contribution < -0.4 is 0 Å². The minimum absolute atomic E-state index is 0.665. The Morgan fingerprint density at radius 3 is 1.36 bits per heavy atom. The molecule has 0 aliphatic heterocycles. The molecule has 0 fully saturated rings. The molecule has 0 amide bonds. The zero-order valence-corrected chi connectivity index (χ0v) is 33.1. The number of hydrogen-bond donors (Lipinski definition) is 0. The maximum atomic E-state index is 6.57. The molecule has 0 spiro atoms. The van der Waals surface area contributed by atoms with Gasteiger partial charge in [-0.15, -0.1) is 0 Å². The molecule has 12 rings (SSSR count). The Kier molecular flexibility index (Phi) is 8.17. The molecule has 0 unspecified atom stereocenters. The number of para-hydroxylation sites is 1. The van der Waals surface area contributed by atoms with Gasteiger partial charge in [-0.25, -0.2) is 9.97 Å². The van der Waals surface area contributed by atoms with Gasteiger partial charge in [-0.05, 0) is 90.5 Å². The van der Waals surface area contributed by atoms with Gasteiger partial charge in [0.2, 0.25) is 0 Å². The van der Waals surface area contributed by atoms with Crippen molar-refractivity contribution < 1.29 is 4.42 Å². The lowest BCUT2D eigenvalue weighted by atomic mass is 9.88.